The number of hydrogen-bond acceptors (Lipinski definition) is 5. The molecule has 1 aromatic rings. The molecule has 1 aliphatic carbocycles. The summed E-state index contributed by atoms with van der Waals surface area (Å²) in [6.45, 7) is 10.5. The third-order valence-electron chi connectivity index (χ3n) is 6.54. The number of ether oxygens (including phenoxy) is 2. The quantitative estimate of drug-likeness (QED) is 0.789. The van der Waals surface area contributed by atoms with Crippen LogP contribution in [0.1, 0.15) is 56.7 Å². The molecule has 5 rings (SSSR count). The SMILES string of the molecule is Cc1cccc2c1CC[C@]2(NC(=O)OC(C)(C)C)C(=O)OC1CN2CCC1CC2. The number of alkyl carbamates (subject to hydrolysis) is 1. The summed E-state index contributed by atoms with van der Waals surface area (Å²) in [6, 6.07) is 5.91. The van der Waals surface area contributed by atoms with Crippen LogP contribution in [0.15, 0.2) is 18.2 Å². The summed E-state index contributed by atoms with van der Waals surface area (Å²) in [4.78, 5) is 28.6. The summed E-state index contributed by atoms with van der Waals surface area (Å²) in [5, 5.41) is 2.92. The third kappa shape index (κ3) is 3.87. The fourth-order valence-electron chi connectivity index (χ4n) is 5.03. The van der Waals surface area contributed by atoms with Crippen molar-refractivity contribution in [3.8, 4) is 0 Å². The molecule has 6 heteroatoms. The average molecular weight is 401 g/mol. The van der Waals surface area contributed by atoms with E-state index in [4.69, 9.17) is 9.47 Å². The van der Waals surface area contributed by atoms with Crippen molar-refractivity contribution in [2.75, 3.05) is 19.6 Å². The zero-order chi connectivity index (χ0) is 20.8. The van der Waals surface area contributed by atoms with Crippen LogP contribution in [0.3, 0.4) is 0 Å². The van der Waals surface area contributed by atoms with Gasteiger partial charge in [-0.3, -0.25) is 4.90 Å². The van der Waals surface area contributed by atoms with Gasteiger partial charge in [0.2, 0.25) is 0 Å². The highest BCUT2D eigenvalue weighted by Gasteiger charge is 2.51. The number of nitrogens with one attached hydrogen (secondary N) is 1. The number of carbonyl (C=O) groups excluding carboxylic acids is 2. The van der Waals surface area contributed by atoms with Crippen molar-refractivity contribution >= 4 is 12.1 Å². The van der Waals surface area contributed by atoms with Crippen molar-refractivity contribution in [3.63, 3.8) is 0 Å². The van der Waals surface area contributed by atoms with Crippen LogP contribution in [-0.4, -0.2) is 48.3 Å². The molecule has 3 heterocycles. The highest BCUT2D eigenvalue weighted by Crippen LogP contribution is 2.41. The van der Waals surface area contributed by atoms with Crippen molar-refractivity contribution in [3.05, 3.63) is 34.9 Å². The summed E-state index contributed by atoms with van der Waals surface area (Å²) in [5.41, 5.74) is 1.27. The molecular weight excluding hydrogens is 368 g/mol. The number of benzene rings is 1. The average Bonchev–Trinajstić information content (AvgIpc) is 3.02. The first-order chi connectivity index (χ1) is 13.7. The van der Waals surface area contributed by atoms with Crippen LogP contribution >= 0.6 is 0 Å². The number of nitrogens with zero attached hydrogens (tertiary/aromatic N) is 1. The number of aryl methyl sites for hydroxylation is 1. The Morgan fingerprint density at radius 2 is 1.93 bits per heavy atom. The van der Waals surface area contributed by atoms with Gasteiger partial charge in [0.15, 0.2) is 5.54 Å². The number of rotatable bonds is 3. The minimum absolute atomic E-state index is 0.101. The second-order valence-electron chi connectivity index (χ2n) is 9.72. The molecule has 3 aliphatic heterocycles. The van der Waals surface area contributed by atoms with E-state index in [1.807, 2.05) is 45.9 Å². The second kappa shape index (κ2) is 7.31. The summed E-state index contributed by atoms with van der Waals surface area (Å²) < 4.78 is 11.6. The maximum absolute atomic E-state index is 13.6. The van der Waals surface area contributed by atoms with Gasteiger partial charge in [-0.1, -0.05) is 18.2 Å². The Hall–Kier alpha value is -2.08. The maximum atomic E-state index is 13.6. The molecule has 29 heavy (non-hydrogen) atoms. The number of amides is 1. The highest BCUT2D eigenvalue weighted by atomic mass is 16.6. The molecule has 2 bridgehead atoms. The lowest BCUT2D eigenvalue weighted by atomic mass is 9.85. The number of fused-ring (bicyclic) bond motifs is 4. The molecule has 6 nitrogen and oxygen atoms in total. The van der Waals surface area contributed by atoms with E-state index in [9.17, 15) is 9.59 Å². The Morgan fingerprint density at radius 3 is 2.55 bits per heavy atom. The minimum atomic E-state index is -1.18. The number of hydrogen-bond donors (Lipinski definition) is 1. The zero-order valence-electron chi connectivity index (χ0n) is 17.9. The van der Waals surface area contributed by atoms with Crippen molar-refractivity contribution in [2.45, 2.75) is 70.6 Å². The van der Waals surface area contributed by atoms with Gasteiger partial charge in [-0.25, -0.2) is 9.59 Å². The number of esters is 1. The van der Waals surface area contributed by atoms with Crippen molar-refractivity contribution in [2.24, 2.45) is 5.92 Å². The van der Waals surface area contributed by atoms with Crippen molar-refractivity contribution < 1.29 is 19.1 Å². The summed E-state index contributed by atoms with van der Waals surface area (Å²) in [7, 11) is 0. The molecule has 4 aliphatic rings. The van der Waals surface area contributed by atoms with Gasteiger partial charge in [-0.2, -0.15) is 0 Å². The van der Waals surface area contributed by atoms with Gasteiger partial charge < -0.3 is 14.8 Å². The highest BCUT2D eigenvalue weighted by molar-refractivity contribution is 5.89. The van der Waals surface area contributed by atoms with Crippen LogP contribution in [0.2, 0.25) is 0 Å². The lowest BCUT2D eigenvalue weighted by molar-refractivity contribution is -0.167. The second-order valence-corrected chi connectivity index (χ2v) is 9.72. The fraction of sp³-hybridized carbons (Fsp3) is 0.652. The van der Waals surface area contributed by atoms with Gasteiger partial charge in [0, 0.05) is 6.54 Å². The molecule has 3 saturated heterocycles. The van der Waals surface area contributed by atoms with E-state index in [0.29, 0.717) is 12.3 Å². The molecule has 1 unspecified atom stereocenters. The molecule has 158 valence electrons. The van der Waals surface area contributed by atoms with E-state index in [1.165, 1.54) is 0 Å². The largest absolute Gasteiger partial charge is 0.459 e. The lowest BCUT2D eigenvalue weighted by Gasteiger charge is -2.45. The van der Waals surface area contributed by atoms with Gasteiger partial charge in [-0.05, 0) is 89.1 Å². The van der Waals surface area contributed by atoms with E-state index in [2.05, 4.69) is 10.2 Å². The normalized spacial score (nSPS) is 30.6. The minimum Gasteiger partial charge on any atom is -0.459 e. The predicted molar refractivity (Wildman–Crippen MR) is 110 cm³/mol. The first kappa shape index (κ1) is 20.2. The van der Waals surface area contributed by atoms with E-state index < -0.39 is 17.2 Å². The summed E-state index contributed by atoms with van der Waals surface area (Å²) in [5.74, 6) is 0.0624. The van der Waals surface area contributed by atoms with Crippen molar-refractivity contribution in [1.82, 2.24) is 10.2 Å². The molecule has 0 radical (unpaired) electrons. The van der Waals surface area contributed by atoms with Gasteiger partial charge in [0.05, 0.1) is 0 Å². The Balaban J connectivity index is 1.62. The van der Waals surface area contributed by atoms with Gasteiger partial charge >= 0.3 is 12.1 Å². The topological polar surface area (TPSA) is 67.9 Å². The first-order valence-electron chi connectivity index (χ1n) is 10.7. The molecule has 0 aromatic heterocycles. The molecule has 1 N–H and O–H groups in total. The van der Waals surface area contributed by atoms with Crippen LogP contribution in [0, 0.1) is 12.8 Å². The van der Waals surface area contributed by atoms with Crippen LogP contribution < -0.4 is 5.32 Å². The summed E-state index contributed by atoms with van der Waals surface area (Å²) in [6.07, 6.45) is 2.67. The molecule has 3 fully saturated rings. The molecule has 0 spiro atoms. The lowest BCUT2D eigenvalue weighted by Crippen LogP contribution is -2.57. The van der Waals surface area contributed by atoms with E-state index in [-0.39, 0.29) is 12.1 Å². The molecule has 2 atom stereocenters. The van der Waals surface area contributed by atoms with E-state index >= 15 is 0 Å². The van der Waals surface area contributed by atoms with Crippen LogP contribution in [0.4, 0.5) is 4.79 Å². The molecule has 1 aromatic carbocycles. The monoisotopic (exact) mass is 400 g/mol. The number of piperidine rings is 3. The zero-order valence-corrected chi connectivity index (χ0v) is 17.9. The molecular formula is C23H32N2O4. The van der Waals surface area contributed by atoms with Crippen LogP contribution in [-0.2, 0) is 26.2 Å². The smallest absolute Gasteiger partial charge is 0.408 e. The standard InChI is InChI=1S/C23H32N2O4/c1-15-6-5-7-18-17(15)8-11-23(18,24-21(27)29-22(2,3)4)20(26)28-19-14-25-12-9-16(19)10-13-25/h5-7,16,19H,8-14H2,1-4H3,(H,24,27)/t19?,23-/m1/s1. The first-order valence-corrected chi connectivity index (χ1v) is 10.7. The van der Waals surface area contributed by atoms with E-state index in [0.717, 1.165) is 55.6 Å². The van der Waals surface area contributed by atoms with Crippen molar-refractivity contribution in [1.29, 1.82) is 0 Å². The number of carbonyl (C=O) groups is 2. The Bertz CT molecular complexity index is 808. The Kier molecular flexibility index (Phi) is 5.09. The van der Waals surface area contributed by atoms with Crippen LogP contribution in [0.25, 0.3) is 0 Å². The van der Waals surface area contributed by atoms with E-state index in [1.54, 1.807) is 0 Å². The fourth-order valence-corrected chi connectivity index (χ4v) is 5.03. The van der Waals surface area contributed by atoms with Crippen LogP contribution in [0.5, 0.6) is 0 Å². The maximum Gasteiger partial charge on any atom is 0.408 e. The third-order valence-corrected chi connectivity index (χ3v) is 6.54. The summed E-state index contributed by atoms with van der Waals surface area (Å²) >= 11 is 0. The Morgan fingerprint density at radius 1 is 1.21 bits per heavy atom. The Labute approximate surface area is 172 Å². The predicted octanol–water partition coefficient (Wildman–Crippen LogP) is 3.30. The molecule has 1 amide bonds. The van der Waals surface area contributed by atoms with Gasteiger partial charge in [-0.15, -0.1) is 0 Å². The van der Waals surface area contributed by atoms with Gasteiger partial charge in [0.25, 0.3) is 0 Å². The molecule has 0 saturated carbocycles. The van der Waals surface area contributed by atoms with Gasteiger partial charge in [0.1, 0.15) is 11.7 Å².